The molecular formula is C15H15N3O2. The lowest BCUT2D eigenvalue weighted by molar-refractivity contribution is 0.0597. The highest BCUT2D eigenvalue weighted by atomic mass is 16.5. The van der Waals surface area contributed by atoms with Crippen LogP contribution >= 0.6 is 0 Å². The lowest BCUT2D eigenvalue weighted by Crippen LogP contribution is -2.36. The van der Waals surface area contributed by atoms with E-state index >= 15 is 0 Å². The Kier molecular flexibility index (Phi) is 3.48. The average Bonchev–Trinajstić information content (AvgIpc) is 2.98. The molecule has 0 radical (unpaired) electrons. The molecule has 1 aliphatic heterocycles. The minimum atomic E-state index is -0.267. The smallest absolute Gasteiger partial charge is 0.240 e. The van der Waals surface area contributed by atoms with Gasteiger partial charge in [0.2, 0.25) is 5.89 Å². The van der Waals surface area contributed by atoms with Crippen molar-refractivity contribution in [2.75, 3.05) is 13.2 Å². The highest BCUT2D eigenvalue weighted by Gasteiger charge is 2.40. The molecule has 2 aromatic rings. The first-order valence-corrected chi connectivity index (χ1v) is 6.68. The average molecular weight is 269 g/mol. The molecule has 0 spiro atoms. The number of hydrogen-bond acceptors (Lipinski definition) is 5. The van der Waals surface area contributed by atoms with Gasteiger partial charge < -0.3 is 9.26 Å². The van der Waals surface area contributed by atoms with E-state index in [0.29, 0.717) is 24.9 Å². The zero-order chi connectivity index (χ0) is 13.8. The number of nitriles is 1. The third kappa shape index (κ3) is 2.19. The van der Waals surface area contributed by atoms with E-state index in [1.54, 1.807) is 0 Å². The first-order valence-electron chi connectivity index (χ1n) is 6.68. The first kappa shape index (κ1) is 12.8. The van der Waals surface area contributed by atoms with Gasteiger partial charge in [0.05, 0.1) is 11.5 Å². The van der Waals surface area contributed by atoms with Crippen molar-refractivity contribution >= 4 is 0 Å². The number of aromatic nitrogens is 2. The predicted octanol–water partition coefficient (Wildman–Crippen LogP) is 2.23. The van der Waals surface area contributed by atoms with Crippen LogP contribution in [0.25, 0.3) is 0 Å². The molecule has 1 aromatic carbocycles. The Labute approximate surface area is 117 Å². The molecule has 5 heteroatoms. The SMILES string of the molecule is N#CCc1nc(C2(c3ccccc3)CCOCC2)no1. The van der Waals surface area contributed by atoms with Crippen LogP contribution in [0.1, 0.15) is 30.1 Å². The summed E-state index contributed by atoms with van der Waals surface area (Å²) in [5.41, 5.74) is 0.907. The van der Waals surface area contributed by atoms with Crippen molar-refractivity contribution in [3.05, 3.63) is 47.6 Å². The lowest BCUT2D eigenvalue weighted by Gasteiger charge is -2.34. The molecule has 0 atom stereocenters. The number of hydrogen-bond donors (Lipinski definition) is 0. The van der Waals surface area contributed by atoms with Gasteiger partial charge in [-0.2, -0.15) is 10.2 Å². The molecule has 1 saturated heterocycles. The van der Waals surface area contributed by atoms with Gasteiger partial charge in [0.1, 0.15) is 6.42 Å². The largest absolute Gasteiger partial charge is 0.381 e. The summed E-state index contributed by atoms with van der Waals surface area (Å²) in [5, 5.41) is 12.8. The van der Waals surface area contributed by atoms with Gasteiger partial charge in [-0.25, -0.2) is 0 Å². The van der Waals surface area contributed by atoms with Gasteiger partial charge in [-0.15, -0.1) is 0 Å². The van der Waals surface area contributed by atoms with Crippen LogP contribution in [0.5, 0.6) is 0 Å². The zero-order valence-corrected chi connectivity index (χ0v) is 11.1. The normalized spacial score (nSPS) is 17.6. The zero-order valence-electron chi connectivity index (χ0n) is 11.1. The van der Waals surface area contributed by atoms with Crippen LogP contribution < -0.4 is 0 Å². The molecular weight excluding hydrogens is 254 g/mol. The van der Waals surface area contributed by atoms with Crippen molar-refractivity contribution < 1.29 is 9.26 Å². The Morgan fingerprint density at radius 2 is 1.95 bits per heavy atom. The Bertz CT molecular complexity index is 610. The number of rotatable bonds is 3. The van der Waals surface area contributed by atoms with Gasteiger partial charge in [0.15, 0.2) is 5.82 Å². The standard InChI is InChI=1S/C15H15N3O2/c16-9-6-13-17-14(18-20-13)15(7-10-19-11-8-15)12-4-2-1-3-5-12/h1-5H,6-8,10-11H2. The van der Waals surface area contributed by atoms with Gasteiger partial charge >= 0.3 is 0 Å². The number of nitrogens with zero attached hydrogens (tertiary/aromatic N) is 3. The molecule has 102 valence electrons. The highest BCUT2D eigenvalue weighted by Crippen LogP contribution is 2.39. The molecule has 0 saturated carbocycles. The Morgan fingerprint density at radius 1 is 1.20 bits per heavy atom. The van der Waals surface area contributed by atoms with E-state index in [-0.39, 0.29) is 11.8 Å². The second-order valence-corrected chi connectivity index (χ2v) is 4.91. The number of benzene rings is 1. The van der Waals surface area contributed by atoms with E-state index in [1.165, 1.54) is 5.56 Å². The van der Waals surface area contributed by atoms with Crippen molar-refractivity contribution in [3.8, 4) is 6.07 Å². The molecule has 0 amide bonds. The molecule has 0 aliphatic carbocycles. The monoisotopic (exact) mass is 269 g/mol. The van der Waals surface area contributed by atoms with Crippen molar-refractivity contribution in [1.82, 2.24) is 10.1 Å². The fourth-order valence-corrected chi connectivity index (χ4v) is 2.71. The lowest BCUT2D eigenvalue weighted by atomic mass is 9.73. The van der Waals surface area contributed by atoms with Crippen molar-refractivity contribution in [3.63, 3.8) is 0 Å². The third-order valence-electron chi connectivity index (χ3n) is 3.80. The van der Waals surface area contributed by atoms with E-state index < -0.39 is 0 Å². The summed E-state index contributed by atoms with van der Waals surface area (Å²) in [6, 6.07) is 12.2. The summed E-state index contributed by atoms with van der Waals surface area (Å²) in [7, 11) is 0. The summed E-state index contributed by atoms with van der Waals surface area (Å²) in [5.74, 6) is 1.04. The molecule has 1 aliphatic rings. The Morgan fingerprint density at radius 3 is 2.65 bits per heavy atom. The molecule has 1 aromatic heterocycles. The summed E-state index contributed by atoms with van der Waals surface area (Å²) in [6.45, 7) is 1.36. The Hall–Kier alpha value is -2.19. The molecule has 5 nitrogen and oxygen atoms in total. The van der Waals surface area contributed by atoms with Gasteiger partial charge in [-0.3, -0.25) is 0 Å². The summed E-state index contributed by atoms with van der Waals surface area (Å²) < 4.78 is 10.7. The quantitative estimate of drug-likeness (QED) is 0.854. The van der Waals surface area contributed by atoms with Crippen LogP contribution in [0.15, 0.2) is 34.9 Å². The van der Waals surface area contributed by atoms with E-state index in [2.05, 4.69) is 22.3 Å². The van der Waals surface area contributed by atoms with Crippen molar-refractivity contribution in [2.24, 2.45) is 0 Å². The summed E-state index contributed by atoms with van der Waals surface area (Å²) >= 11 is 0. The fourth-order valence-electron chi connectivity index (χ4n) is 2.71. The van der Waals surface area contributed by atoms with Gasteiger partial charge in [0.25, 0.3) is 0 Å². The van der Waals surface area contributed by atoms with Crippen LogP contribution in [-0.2, 0) is 16.6 Å². The molecule has 0 bridgehead atoms. The van der Waals surface area contributed by atoms with E-state index in [0.717, 1.165) is 12.8 Å². The third-order valence-corrected chi connectivity index (χ3v) is 3.80. The van der Waals surface area contributed by atoms with Crippen molar-refractivity contribution in [2.45, 2.75) is 24.7 Å². The Balaban J connectivity index is 2.03. The van der Waals surface area contributed by atoms with Crippen LogP contribution in [-0.4, -0.2) is 23.4 Å². The number of ether oxygens (including phenoxy) is 1. The van der Waals surface area contributed by atoms with Gasteiger partial charge in [-0.05, 0) is 18.4 Å². The predicted molar refractivity (Wildman–Crippen MR) is 70.9 cm³/mol. The van der Waals surface area contributed by atoms with Crippen molar-refractivity contribution in [1.29, 1.82) is 5.26 Å². The molecule has 2 heterocycles. The van der Waals surface area contributed by atoms with E-state index in [9.17, 15) is 0 Å². The van der Waals surface area contributed by atoms with E-state index in [1.807, 2.05) is 24.3 Å². The molecule has 1 fully saturated rings. The van der Waals surface area contributed by atoms with Crippen LogP contribution in [0.2, 0.25) is 0 Å². The van der Waals surface area contributed by atoms with Gasteiger partial charge in [-0.1, -0.05) is 35.5 Å². The molecule has 0 N–H and O–H groups in total. The first-order chi connectivity index (χ1) is 9.85. The molecule has 20 heavy (non-hydrogen) atoms. The second kappa shape index (κ2) is 5.43. The van der Waals surface area contributed by atoms with Gasteiger partial charge in [0, 0.05) is 13.2 Å². The van der Waals surface area contributed by atoms with Crippen LogP contribution in [0.3, 0.4) is 0 Å². The van der Waals surface area contributed by atoms with E-state index in [4.69, 9.17) is 14.5 Å². The minimum absolute atomic E-state index is 0.147. The molecule has 0 unspecified atom stereocenters. The maximum atomic E-state index is 8.72. The highest BCUT2D eigenvalue weighted by molar-refractivity contribution is 5.33. The second-order valence-electron chi connectivity index (χ2n) is 4.91. The maximum Gasteiger partial charge on any atom is 0.240 e. The molecule has 3 rings (SSSR count). The topological polar surface area (TPSA) is 71.9 Å². The minimum Gasteiger partial charge on any atom is -0.381 e. The summed E-state index contributed by atoms with van der Waals surface area (Å²) in [4.78, 5) is 4.42. The summed E-state index contributed by atoms with van der Waals surface area (Å²) in [6.07, 6.45) is 1.79. The van der Waals surface area contributed by atoms with Crippen LogP contribution in [0.4, 0.5) is 0 Å². The fraction of sp³-hybridized carbons (Fsp3) is 0.400. The van der Waals surface area contributed by atoms with Crippen LogP contribution in [0, 0.1) is 11.3 Å². The maximum absolute atomic E-state index is 8.72.